The molecule has 0 aliphatic carbocycles. The summed E-state index contributed by atoms with van der Waals surface area (Å²) in [5.41, 5.74) is 8.74. The van der Waals surface area contributed by atoms with Crippen molar-refractivity contribution < 1.29 is 9.47 Å². The molecule has 0 radical (unpaired) electrons. The normalized spacial score (nSPS) is 15.6. The summed E-state index contributed by atoms with van der Waals surface area (Å²) in [5.74, 6) is 2.23. The van der Waals surface area contributed by atoms with Gasteiger partial charge in [-0.25, -0.2) is 0 Å². The molecule has 104 valence electrons. The lowest BCUT2D eigenvalue weighted by Crippen LogP contribution is -2.24. The molecule has 2 N–H and O–H groups in total. The van der Waals surface area contributed by atoms with Gasteiger partial charge in [0, 0.05) is 12.0 Å². The number of ether oxygens (including phenoxy) is 2. The van der Waals surface area contributed by atoms with Crippen LogP contribution in [0.4, 0.5) is 5.69 Å². The van der Waals surface area contributed by atoms with E-state index >= 15 is 0 Å². The molecule has 1 heterocycles. The van der Waals surface area contributed by atoms with E-state index in [9.17, 15) is 0 Å². The van der Waals surface area contributed by atoms with Crippen molar-refractivity contribution in [2.24, 2.45) is 0 Å². The number of nitrogen functional groups attached to an aromatic ring is 1. The van der Waals surface area contributed by atoms with Crippen LogP contribution in [0, 0.1) is 6.92 Å². The van der Waals surface area contributed by atoms with E-state index in [1.165, 1.54) is 5.56 Å². The first kappa shape index (κ1) is 12.9. The highest BCUT2D eigenvalue weighted by Gasteiger charge is 2.32. The first-order valence-electron chi connectivity index (χ1n) is 6.80. The fraction of sp³-hybridized carbons (Fsp3) is 0.294. The number of anilines is 1. The highest BCUT2D eigenvalue weighted by Crippen LogP contribution is 2.44. The molecule has 0 fully saturated rings. The summed E-state index contributed by atoms with van der Waals surface area (Å²) < 4.78 is 12.0. The topological polar surface area (TPSA) is 44.5 Å². The van der Waals surface area contributed by atoms with Crippen LogP contribution in [0.15, 0.2) is 36.4 Å². The first-order chi connectivity index (χ1) is 9.46. The maximum atomic E-state index is 6.06. The second kappa shape index (κ2) is 4.44. The highest BCUT2D eigenvalue weighted by molar-refractivity contribution is 5.60. The molecule has 0 spiro atoms. The number of nitrogens with two attached hydrogens (primary N) is 1. The van der Waals surface area contributed by atoms with E-state index < -0.39 is 0 Å². The fourth-order valence-electron chi connectivity index (χ4n) is 2.53. The van der Waals surface area contributed by atoms with Crippen LogP contribution < -0.4 is 15.2 Å². The van der Waals surface area contributed by atoms with Crippen LogP contribution in [0.25, 0.3) is 0 Å². The molecule has 0 aromatic heterocycles. The molecular formula is C17H19NO2. The maximum absolute atomic E-state index is 6.06. The van der Waals surface area contributed by atoms with Crippen LogP contribution in [0.3, 0.4) is 0 Å². The Labute approximate surface area is 119 Å². The number of fused-ring (bicyclic) bond motifs is 1. The zero-order valence-corrected chi connectivity index (χ0v) is 12.1. The summed E-state index contributed by atoms with van der Waals surface area (Å²) in [4.78, 5) is 0. The van der Waals surface area contributed by atoms with Crippen molar-refractivity contribution in [1.29, 1.82) is 0 Å². The molecule has 2 aromatic carbocycles. The Morgan fingerprint density at radius 2 is 1.80 bits per heavy atom. The predicted molar refractivity (Wildman–Crippen MR) is 80.5 cm³/mol. The molecule has 3 rings (SSSR count). The van der Waals surface area contributed by atoms with Crippen molar-refractivity contribution >= 4 is 5.69 Å². The van der Waals surface area contributed by atoms with Gasteiger partial charge in [-0.1, -0.05) is 24.3 Å². The summed E-state index contributed by atoms with van der Waals surface area (Å²) in [6, 6.07) is 11.8. The lowest BCUT2D eigenvalue weighted by atomic mass is 10.0. The van der Waals surface area contributed by atoms with Crippen molar-refractivity contribution in [2.45, 2.75) is 32.8 Å². The van der Waals surface area contributed by atoms with Crippen molar-refractivity contribution in [3.05, 3.63) is 47.5 Å². The number of hydrogen-bond acceptors (Lipinski definition) is 3. The van der Waals surface area contributed by atoms with Gasteiger partial charge < -0.3 is 15.2 Å². The van der Waals surface area contributed by atoms with Gasteiger partial charge in [0.25, 0.3) is 0 Å². The summed E-state index contributed by atoms with van der Waals surface area (Å²) in [6.45, 7) is 6.13. The third-order valence-corrected chi connectivity index (χ3v) is 3.56. The average molecular weight is 269 g/mol. The minimum atomic E-state index is -0.181. The van der Waals surface area contributed by atoms with Gasteiger partial charge in [0.1, 0.15) is 5.60 Å². The van der Waals surface area contributed by atoms with Crippen molar-refractivity contribution in [2.75, 3.05) is 5.73 Å². The van der Waals surface area contributed by atoms with Gasteiger partial charge in [0.05, 0.1) is 5.69 Å². The quantitative estimate of drug-likeness (QED) is 0.835. The first-order valence-corrected chi connectivity index (χ1v) is 6.80. The van der Waals surface area contributed by atoms with Gasteiger partial charge in [0.2, 0.25) is 0 Å². The van der Waals surface area contributed by atoms with Crippen LogP contribution in [0.5, 0.6) is 17.2 Å². The molecule has 3 nitrogen and oxygen atoms in total. The fourth-order valence-corrected chi connectivity index (χ4v) is 2.53. The van der Waals surface area contributed by atoms with Crippen LogP contribution in [-0.2, 0) is 6.42 Å². The maximum Gasteiger partial charge on any atom is 0.169 e. The Morgan fingerprint density at radius 1 is 1.10 bits per heavy atom. The molecule has 0 saturated heterocycles. The standard InChI is InChI=1S/C17H19NO2/c1-11-6-4-8-13(15(11)18)19-14-9-5-7-12-10-17(2,3)20-16(12)14/h4-9H,10,18H2,1-3H3. The molecule has 0 saturated carbocycles. The Kier molecular flexibility index (Phi) is 2.85. The molecule has 1 aliphatic heterocycles. The van der Waals surface area contributed by atoms with Gasteiger partial charge in [-0.05, 0) is 38.5 Å². The minimum Gasteiger partial charge on any atom is -0.483 e. The average Bonchev–Trinajstić information content (AvgIpc) is 2.70. The third-order valence-electron chi connectivity index (χ3n) is 3.56. The molecular weight excluding hydrogens is 250 g/mol. The molecule has 3 heteroatoms. The monoisotopic (exact) mass is 269 g/mol. The Morgan fingerprint density at radius 3 is 2.60 bits per heavy atom. The molecule has 0 bridgehead atoms. The molecule has 2 aromatic rings. The van der Waals surface area contributed by atoms with E-state index in [2.05, 4.69) is 19.9 Å². The largest absolute Gasteiger partial charge is 0.483 e. The third kappa shape index (κ3) is 2.20. The summed E-state index contributed by atoms with van der Waals surface area (Å²) in [6.07, 6.45) is 0.892. The second-order valence-electron chi connectivity index (χ2n) is 5.87. The van der Waals surface area contributed by atoms with Gasteiger partial charge in [-0.2, -0.15) is 0 Å². The van der Waals surface area contributed by atoms with E-state index in [1.807, 2.05) is 37.3 Å². The zero-order valence-electron chi connectivity index (χ0n) is 12.1. The van der Waals surface area contributed by atoms with E-state index in [1.54, 1.807) is 0 Å². The van der Waals surface area contributed by atoms with Gasteiger partial charge in [0.15, 0.2) is 17.2 Å². The lowest BCUT2D eigenvalue weighted by molar-refractivity contribution is 0.135. The zero-order chi connectivity index (χ0) is 14.3. The van der Waals surface area contributed by atoms with Crippen LogP contribution in [-0.4, -0.2) is 5.60 Å². The summed E-state index contributed by atoms with van der Waals surface area (Å²) >= 11 is 0. The van der Waals surface area contributed by atoms with Gasteiger partial charge in [-0.15, -0.1) is 0 Å². The van der Waals surface area contributed by atoms with Gasteiger partial charge in [-0.3, -0.25) is 0 Å². The Bertz CT molecular complexity index is 662. The Hall–Kier alpha value is -2.16. The highest BCUT2D eigenvalue weighted by atomic mass is 16.5. The molecule has 1 aliphatic rings. The van der Waals surface area contributed by atoms with Crippen LogP contribution in [0.2, 0.25) is 0 Å². The molecule has 0 atom stereocenters. The van der Waals surface area contributed by atoms with Crippen molar-refractivity contribution in [3.8, 4) is 17.2 Å². The number of hydrogen-bond donors (Lipinski definition) is 1. The number of benzene rings is 2. The Balaban J connectivity index is 1.98. The predicted octanol–water partition coefficient (Wildman–Crippen LogP) is 4.08. The van der Waals surface area contributed by atoms with Crippen LogP contribution >= 0.6 is 0 Å². The van der Waals surface area contributed by atoms with Crippen molar-refractivity contribution in [3.63, 3.8) is 0 Å². The lowest BCUT2D eigenvalue weighted by Gasteiger charge is -2.18. The van der Waals surface area contributed by atoms with E-state index in [4.69, 9.17) is 15.2 Å². The number of rotatable bonds is 2. The molecule has 0 amide bonds. The summed E-state index contributed by atoms with van der Waals surface area (Å²) in [5, 5.41) is 0. The second-order valence-corrected chi connectivity index (χ2v) is 5.87. The molecule has 20 heavy (non-hydrogen) atoms. The summed E-state index contributed by atoms with van der Waals surface area (Å²) in [7, 11) is 0. The number of aryl methyl sites for hydroxylation is 1. The van der Waals surface area contributed by atoms with E-state index in [0.717, 1.165) is 23.5 Å². The van der Waals surface area contributed by atoms with Gasteiger partial charge >= 0.3 is 0 Å². The SMILES string of the molecule is Cc1cccc(Oc2cccc3c2OC(C)(C)C3)c1N. The van der Waals surface area contributed by atoms with Crippen LogP contribution in [0.1, 0.15) is 25.0 Å². The van der Waals surface area contributed by atoms with Crippen molar-refractivity contribution in [1.82, 2.24) is 0 Å². The smallest absolute Gasteiger partial charge is 0.169 e. The minimum absolute atomic E-state index is 0.181. The van der Waals surface area contributed by atoms with E-state index in [0.29, 0.717) is 11.4 Å². The number of para-hydroxylation sites is 2. The molecule has 0 unspecified atom stereocenters. The van der Waals surface area contributed by atoms with E-state index in [-0.39, 0.29) is 5.60 Å².